The number of aryl methyl sites for hydroxylation is 1. The fourth-order valence-electron chi connectivity index (χ4n) is 5.19. The predicted molar refractivity (Wildman–Crippen MR) is 157 cm³/mol. The number of nitrogens with one attached hydrogen (secondary N) is 1. The molecule has 0 radical (unpaired) electrons. The van der Waals surface area contributed by atoms with E-state index in [1.807, 2.05) is 50.8 Å². The highest BCUT2D eigenvalue weighted by Gasteiger charge is 2.40. The third kappa shape index (κ3) is 6.00. The second kappa shape index (κ2) is 11.5. The summed E-state index contributed by atoms with van der Waals surface area (Å²) in [6, 6.07) is 6.23. The Labute approximate surface area is 236 Å². The molecule has 0 atom stereocenters. The van der Waals surface area contributed by atoms with Crippen LogP contribution >= 0.6 is 0 Å². The molecular weight excluding hydrogens is 504 g/mol. The number of pyridine rings is 1. The first-order valence-electron chi connectivity index (χ1n) is 13.5. The third-order valence-electron chi connectivity index (χ3n) is 7.70. The maximum Gasteiger partial charge on any atom is 0.226 e. The second-order valence-electron chi connectivity index (χ2n) is 11.1. The number of anilines is 1. The Morgan fingerprint density at radius 2 is 2.00 bits per heavy atom. The maximum absolute atomic E-state index is 13.0. The quantitative estimate of drug-likeness (QED) is 0.384. The number of allylic oxidation sites excluding steroid dienone is 4. The van der Waals surface area contributed by atoms with Crippen LogP contribution in [-0.2, 0) is 11.8 Å². The van der Waals surface area contributed by atoms with Crippen molar-refractivity contribution in [2.75, 3.05) is 24.5 Å². The van der Waals surface area contributed by atoms with Crippen molar-refractivity contribution in [1.29, 1.82) is 5.26 Å². The van der Waals surface area contributed by atoms with Gasteiger partial charge in [-0.2, -0.15) is 15.5 Å². The van der Waals surface area contributed by atoms with Crippen LogP contribution < -0.4 is 10.2 Å². The number of nitriles is 1. The van der Waals surface area contributed by atoms with Crippen molar-refractivity contribution in [3.63, 3.8) is 0 Å². The van der Waals surface area contributed by atoms with Gasteiger partial charge >= 0.3 is 0 Å². The molecular formula is C30H38N8O2. The van der Waals surface area contributed by atoms with Gasteiger partial charge in [-0.05, 0) is 58.2 Å². The van der Waals surface area contributed by atoms with Gasteiger partial charge in [-0.15, -0.1) is 0 Å². The molecule has 1 amide bonds. The van der Waals surface area contributed by atoms with Crippen LogP contribution in [0, 0.1) is 16.7 Å². The maximum atomic E-state index is 13.0. The summed E-state index contributed by atoms with van der Waals surface area (Å²) in [5.74, 6) is 0.848. The van der Waals surface area contributed by atoms with Crippen LogP contribution in [0.4, 0.5) is 5.82 Å². The van der Waals surface area contributed by atoms with E-state index in [-0.39, 0.29) is 12.5 Å². The molecule has 2 aliphatic heterocycles. The minimum absolute atomic E-state index is 0.00866. The molecule has 0 spiro atoms. The molecule has 0 aromatic carbocycles. The zero-order chi connectivity index (χ0) is 29.1. The summed E-state index contributed by atoms with van der Waals surface area (Å²) in [4.78, 5) is 20.0. The summed E-state index contributed by atoms with van der Waals surface area (Å²) in [6.07, 6.45) is 11.6. The van der Waals surface area contributed by atoms with E-state index >= 15 is 0 Å². The lowest BCUT2D eigenvalue weighted by molar-refractivity contribution is -0.133. The van der Waals surface area contributed by atoms with Crippen molar-refractivity contribution in [2.24, 2.45) is 17.6 Å². The molecule has 1 fully saturated rings. The van der Waals surface area contributed by atoms with Crippen LogP contribution in [0.25, 0.3) is 11.1 Å². The molecule has 1 saturated heterocycles. The van der Waals surface area contributed by atoms with Crippen LogP contribution in [0.3, 0.4) is 0 Å². The Kier molecular flexibility index (Phi) is 8.26. The lowest BCUT2D eigenvalue weighted by Crippen LogP contribution is -2.51. The molecule has 0 saturated carbocycles. The van der Waals surface area contributed by atoms with Gasteiger partial charge in [-0.3, -0.25) is 9.48 Å². The molecule has 0 aliphatic carbocycles. The van der Waals surface area contributed by atoms with Crippen molar-refractivity contribution >= 4 is 29.6 Å². The molecule has 40 heavy (non-hydrogen) atoms. The van der Waals surface area contributed by atoms with Gasteiger partial charge in [0.05, 0.1) is 34.6 Å². The zero-order valence-electron chi connectivity index (χ0n) is 24.0. The Bertz CT molecular complexity index is 1390. The first-order valence-corrected chi connectivity index (χ1v) is 13.5. The number of amides is 1. The monoisotopic (exact) mass is 542 g/mol. The van der Waals surface area contributed by atoms with Crippen LogP contribution in [0.2, 0.25) is 0 Å². The van der Waals surface area contributed by atoms with Gasteiger partial charge in [0.25, 0.3) is 0 Å². The average Bonchev–Trinajstić information content (AvgIpc) is 3.40. The van der Waals surface area contributed by atoms with Gasteiger partial charge in [0.15, 0.2) is 0 Å². The number of carbonyl (C=O) groups excluding carboxylic acids is 1. The largest absolute Gasteiger partial charge is 0.389 e. The van der Waals surface area contributed by atoms with E-state index in [0.29, 0.717) is 37.2 Å². The van der Waals surface area contributed by atoms with E-state index in [1.54, 1.807) is 36.7 Å². The van der Waals surface area contributed by atoms with Gasteiger partial charge < -0.3 is 15.3 Å². The number of carbonyl (C=O) groups is 1. The van der Waals surface area contributed by atoms with Gasteiger partial charge in [0, 0.05) is 74.3 Å². The molecule has 210 valence electrons. The van der Waals surface area contributed by atoms with E-state index in [1.165, 1.54) is 0 Å². The summed E-state index contributed by atoms with van der Waals surface area (Å²) in [5, 5.41) is 32.8. The first kappa shape index (κ1) is 28.8. The molecule has 2 N–H and O–H groups in total. The minimum Gasteiger partial charge on any atom is -0.389 e. The highest BCUT2D eigenvalue weighted by atomic mass is 16.3. The Balaban J connectivity index is 1.56. The topological polar surface area (TPSA) is 123 Å². The van der Waals surface area contributed by atoms with Crippen molar-refractivity contribution in [1.82, 2.24) is 25.1 Å². The van der Waals surface area contributed by atoms with Gasteiger partial charge in [-0.1, -0.05) is 6.92 Å². The lowest BCUT2D eigenvalue weighted by atomic mass is 9.75. The van der Waals surface area contributed by atoms with Crippen LogP contribution in [0.1, 0.15) is 58.1 Å². The Morgan fingerprint density at radius 3 is 2.52 bits per heavy atom. The fourth-order valence-corrected chi connectivity index (χ4v) is 5.19. The van der Waals surface area contributed by atoms with E-state index in [2.05, 4.69) is 33.2 Å². The van der Waals surface area contributed by atoms with Gasteiger partial charge in [0.2, 0.25) is 5.91 Å². The Hall–Kier alpha value is -4.23. The molecule has 10 heteroatoms. The smallest absolute Gasteiger partial charge is 0.226 e. The van der Waals surface area contributed by atoms with E-state index < -0.39 is 11.0 Å². The van der Waals surface area contributed by atoms with Gasteiger partial charge in [0.1, 0.15) is 5.82 Å². The second-order valence-corrected chi connectivity index (χ2v) is 11.1. The predicted octanol–water partition coefficient (Wildman–Crippen LogP) is 3.85. The Morgan fingerprint density at radius 1 is 1.27 bits per heavy atom. The van der Waals surface area contributed by atoms with Crippen molar-refractivity contribution in [3.05, 3.63) is 65.4 Å². The van der Waals surface area contributed by atoms with Crippen LogP contribution in [0.15, 0.2) is 59.4 Å². The van der Waals surface area contributed by atoms with E-state index in [0.717, 1.165) is 34.5 Å². The molecule has 2 aliphatic rings. The van der Waals surface area contributed by atoms with Crippen molar-refractivity contribution in [3.8, 4) is 6.07 Å². The molecule has 0 bridgehead atoms. The summed E-state index contributed by atoms with van der Waals surface area (Å²) < 4.78 is 1.74. The standard InChI is InChI=1S/C30H38N8O2/c1-7-30(28(39)34-20-29(3,4)40)10-12-37(13-11-30)26-9-8-22(16-33-26)25-14-23(24-17-35-36(6)18-24)19-38(32-5)27(25)21(2)15-31/h8-9,14,16-19,40H,5,7,10-13,20H2,1-4,6H3,(H,34,39)/b27-21+. The molecule has 10 nitrogen and oxygen atoms in total. The molecule has 2 aromatic heterocycles. The molecule has 2 aromatic rings. The molecule has 0 unspecified atom stereocenters. The van der Waals surface area contributed by atoms with Crippen molar-refractivity contribution in [2.45, 2.75) is 52.6 Å². The van der Waals surface area contributed by atoms with Crippen LogP contribution in [-0.4, -0.2) is 62.7 Å². The zero-order valence-corrected chi connectivity index (χ0v) is 24.0. The van der Waals surface area contributed by atoms with Gasteiger partial charge in [-0.25, -0.2) is 9.99 Å². The molecule has 4 heterocycles. The molecule has 4 rings (SSSR count). The first-order chi connectivity index (χ1) is 19.0. The fraction of sp³-hybridized carbons (Fsp3) is 0.433. The number of hydrazone groups is 1. The summed E-state index contributed by atoms with van der Waals surface area (Å²) in [5.41, 5.74) is 3.26. The average molecular weight is 543 g/mol. The number of nitrogens with zero attached hydrogens (tertiary/aromatic N) is 7. The number of hydrogen-bond donors (Lipinski definition) is 2. The summed E-state index contributed by atoms with van der Waals surface area (Å²) in [6.45, 7) is 12.6. The third-order valence-corrected chi connectivity index (χ3v) is 7.70. The van der Waals surface area contributed by atoms with E-state index in [9.17, 15) is 15.2 Å². The SMILES string of the molecule is C=NN1C=C(c2cnn(C)c2)C=C(c2ccc(N3CCC(CC)(C(=O)NCC(C)(C)O)CC3)nc2)/C1=C(/C)C#N. The summed E-state index contributed by atoms with van der Waals surface area (Å²) in [7, 11) is 1.86. The number of aliphatic hydroxyl groups is 1. The summed E-state index contributed by atoms with van der Waals surface area (Å²) >= 11 is 0. The number of piperidine rings is 1. The highest BCUT2D eigenvalue weighted by molar-refractivity contribution is 5.92. The number of rotatable bonds is 8. The normalized spacial score (nSPS) is 18.4. The number of hydrogen-bond acceptors (Lipinski definition) is 8. The van der Waals surface area contributed by atoms with E-state index in [4.69, 9.17) is 4.98 Å². The van der Waals surface area contributed by atoms with Crippen LogP contribution in [0.5, 0.6) is 0 Å². The highest BCUT2D eigenvalue weighted by Crippen LogP contribution is 2.39. The minimum atomic E-state index is -0.946. The lowest BCUT2D eigenvalue weighted by Gasteiger charge is -2.41. The van der Waals surface area contributed by atoms with Crippen molar-refractivity contribution < 1.29 is 9.90 Å². The number of aromatic nitrogens is 3.